The number of benzene rings is 2. The van der Waals surface area contributed by atoms with Crippen LogP contribution in [0.15, 0.2) is 54.6 Å². The zero-order chi connectivity index (χ0) is 17.8. The van der Waals surface area contributed by atoms with Gasteiger partial charge in [-0.05, 0) is 54.6 Å². The molecule has 0 spiro atoms. The molecule has 2 N–H and O–H groups in total. The van der Waals surface area contributed by atoms with Crippen LogP contribution in [0, 0.1) is 17.5 Å². The molecule has 0 unspecified atom stereocenters. The lowest BCUT2D eigenvalue weighted by atomic mass is 10.2. The van der Waals surface area contributed by atoms with Gasteiger partial charge in [0, 0.05) is 11.3 Å². The van der Waals surface area contributed by atoms with Crippen LogP contribution >= 0.6 is 0 Å². The van der Waals surface area contributed by atoms with Gasteiger partial charge in [-0.2, -0.15) is 0 Å². The molecule has 0 saturated carbocycles. The molecule has 0 radical (unpaired) electrons. The van der Waals surface area contributed by atoms with Crippen molar-refractivity contribution in [3.8, 4) is 0 Å². The number of hydrogen-bond donors (Lipinski definition) is 2. The first kappa shape index (κ1) is 16.4. The van der Waals surface area contributed by atoms with E-state index in [-0.39, 0.29) is 17.2 Å². The maximum Gasteiger partial charge on any atom is 0.256 e. The molecule has 0 saturated heterocycles. The summed E-state index contributed by atoms with van der Waals surface area (Å²) in [6, 6.07) is 11.5. The van der Waals surface area contributed by atoms with Crippen molar-refractivity contribution >= 4 is 23.2 Å². The van der Waals surface area contributed by atoms with Crippen LogP contribution in [0.5, 0.6) is 0 Å². The number of amides is 1. The number of anilines is 3. The highest BCUT2D eigenvalue weighted by Gasteiger charge is 2.11. The van der Waals surface area contributed by atoms with Gasteiger partial charge >= 0.3 is 0 Å². The lowest BCUT2D eigenvalue weighted by Gasteiger charge is -2.07. The Morgan fingerprint density at radius 1 is 0.800 bits per heavy atom. The largest absolute Gasteiger partial charge is 0.339 e. The summed E-state index contributed by atoms with van der Waals surface area (Å²) >= 11 is 0. The average Bonchev–Trinajstić information content (AvgIpc) is 2.61. The summed E-state index contributed by atoms with van der Waals surface area (Å²) < 4.78 is 38.9. The monoisotopic (exact) mass is 344 g/mol. The van der Waals surface area contributed by atoms with Crippen molar-refractivity contribution < 1.29 is 18.0 Å². The van der Waals surface area contributed by atoms with E-state index < -0.39 is 17.5 Å². The Labute approximate surface area is 140 Å². The molecule has 0 fully saturated rings. The molecular formula is C17H11F3N4O. The van der Waals surface area contributed by atoms with Crippen LogP contribution in [0.25, 0.3) is 0 Å². The fourth-order valence-corrected chi connectivity index (χ4v) is 1.97. The van der Waals surface area contributed by atoms with E-state index in [2.05, 4.69) is 20.8 Å². The highest BCUT2D eigenvalue weighted by atomic mass is 19.2. The van der Waals surface area contributed by atoms with Gasteiger partial charge in [-0.25, -0.2) is 13.2 Å². The molecule has 1 aromatic heterocycles. The molecule has 0 aliphatic rings. The maximum absolute atomic E-state index is 13.1. The Bertz CT molecular complexity index is 899. The van der Waals surface area contributed by atoms with Crippen molar-refractivity contribution in [1.29, 1.82) is 0 Å². The van der Waals surface area contributed by atoms with E-state index in [9.17, 15) is 18.0 Å². The predicted molar refractivity (Wildman–Crippen MR) is 86.0 cm³/mol. The van der Waals surface area contributed by atoms with Gasteiger partial charge < -0.3 is 10.6 Å². The van der Waals surface area contributed by atoms with Crippen LogP contribution in [0.2, 0.25) is 0 Å². The van der Waals surface area contributed by atoms with Gasteiger partial charge in [0.25, 0.3) is 5.91 Å². The van der Waals surface area contributed by atoms with Gasteiger partial charge in [-0.1, -0.05) is 0 Å². The molecule has 1 amide bonds. The number of hydrogen-bond acceptors (Lipinski definition) is 4. The predicted octanol–water partition coefficient (Wildman–Crippen LogP) is 3.89. The second-order valence-corrected chi connectivity index (χ2v) is 5.02. The molecule has 0 atom stereocenters. The highest BCUT2D eigenvalue weighted by Crippen LogP contribution is 2.16. The van der Waals surface area contributed by atoms with Crippen LogP contribution in [-0.2, 0) is 0 Å². The van der Waals surface area contributed by atoms with Gasteiger partial charge in [0.15, 0.2) is 23.3 Å². The van der Waals surface area contributed by atoms with Crippen LogP contribution in [0.4, 0.5) is 30.5 Å². The molecule has 0 aliphatic carbocycles. The van der Waals surface area contributed by atoms with Crippen LogP contribution < -0.4 is 10.6 Å². The number of carbonyl (C=O) groups is 1. The van der Waals surface area contributed by atoms with Crippen molar-refractivity contribution in [3.63, 3.8) is 0 Å². The molecule has 0 bridgehead atoms. The Morgan fingerprint density at radius 3 is 2.12 bits per heavy atom. The quantitative estimate of drug-likeness (QED) is 0.753. The summed E-state index contributed by atoms with van der Waals surface area (Å²) in [5.74, 6) is -2.62. The zero-order valence-corrected chi connectivity index (χ0v) is 12.6. The van der Waals surface area contributed by atoms with Gasteiger partial charge in [0.2, 0.25) is 0 Å². The number of carbonyl (C=O) groups excluding carboxylic acids is 1. The second-order valence-electron chi connectivity index (χ2n) is 5.02. The summed E-state index contributed by atoms with van der Waals surface area (Å²) in [5, 5.41) is 13.0. The normalized spacial score (nSPS) is 10.4. The van der Waals surface area contributed by atoms with E-state index in [1.807, 2.05) is 0 Å². The van der Waals surface area contributed by atoms with E-state index in [4.69, 9.17) is 0 Å². The van der Waals surface area contributed by atoms with Crippen molar-refractivity contribution in [2.24, 2.45) is 0 Å². The van der Waals surface area contributed by atoms with Crippen LogP contribution in [0.3, 0.4) is 0 Å². The standard InChI is InChI=1S/C17H11F3N4O/c18-11-2-4-12(5-3-11)21-15-7-8-16(24-23-15)22-17(25)10-1-6-13(19)14(20)9-10/h1-9H,(H,21,23)(H,22,24,25). The maximum atomic E-state index is 13.1. The number of halogens is 3. The smallest absolute Gasteiger partial charge is 0.256 e. The van der Waals surface area contributed by atoms with Crippen molar-refractivity contribution in [2.45, 2.75) is 0 Å². The highest BCUT2D eigenvalue weighted by molar-refractivity contribution is 6.03. The molecule has 1 heterocycles. The number of rotatable bonds is 4. The zero-order valence-electron chi connectivity index (χ0n) is 12.6. The molecule has 5 nitrogen and oxygen atoms in total. The summed E-state index contributed by atoms with van der Waals surface area (Å²) in [5.41, 5.74) is 0.573. The first-order valence-electron chi connectivity index (χ1n) is 7.14. The third-order valence-corrected chi connectivity index (χ3v) is 3.20. The minimum absolute atomic E-state index is 0.0470. The van der Waals surface area contributed by atoms with Gasteiger partial charge in [0.1, 0.15) is 5.82 Å². The Morgan fingerprint density at radius 2 is 1.48 bits per heavy atom. The van der Waals surface area contributed by atoms with Crippen molar-refractivity contribution in [2.75, 3.05) is 10.6 Å². The van der Waals surface area contributed by atoms with E-state index in [0.29, 0.717) is 11.5 Å². The molecule has 8 heteroatoms. The van der Waals surface area contributed by atoms with Gasteiger partial charge in [-0.3, -0.25) is 4.79 Å². The first-order chi connectivity index (χ1) is 12.0. The van der Waals surface area contributed by atoms with E-state index in [0.717, 1.165) is 18.2 Å². The average molecular weight is 344 g/mol. The summed E-state index contributed by atoms with van der Waals surface area (Å²) in [6.07, 6.45) is 0. The molecule has 2 aromatic carbocycles. The summed E-state index contributed by atoms with van der Waals surface area (Å²) in [7, 11) is 0. The molecule has 126 valence electrons. The number of aromatic nitrogens is 2. The lowest BCUT2D eigenvalue weighted by Crippen LogP contribution is -2.14. The Hall–Kier alpha value is -3.42. The third-order valence-electron chi connectivity index (χ3n) is 3.20. The molecule has 3 rings (SSSR count). The fourth-order valence-electron chi connectivity index (χ4n) is 1.97. The topological polar surface area (TPSA) is 66.9 Å². The van der Waals surface area contributed by atoms with Crippen LogP contribution in [-0.4, -0.2) is 16.1 Å². The lowest BCUT2D eigenvalue weighted by molar-refractivity contribution is 0.102. The molecule has 25 heavy (non-hydrogen) atoms. The Kier molecular flexibility index (Phi) is 4.60. The van der Waals surface area contributed by atoms with Crippen molar-refractivity contribution in [3.05, 3.63) is 77.6 Å². The molecular weight excluding hydrogens is 333 g/mol. The number of nitrogens with zero attached hydrogens (tertiary/aromatic N) is 2. The van der Waals surface area contributed by atoms with Gasteiger partial charge in [-0.15, -0.1) is 10.2 Å². The van der Waals surface area contributed by atoms with Gasteiger partial charge in [0.05, 0.1) is 0 Å². The van der Waals surface area contributed by atoms with E-state index in [1.165, 1.54) is 30.3 Å². The third kappa shape index (κ3) is 4.11. The SMILES string of the molecule is O=C(Nc1ccc(Nc2ccc(F)cc2)nn1)c1ccc(F)c(F)c1. The first-order valence-corrected chi connectivity index (χ1v) is 7.14. The fraction of sp³-hybridized carbons (Fsp3) is 0. The molecule has 0 aliphatic heterocycles. The second kappa shape index (κ2) is 7.00. The van der Waals surface area contributed by atoms with E-state index >= 15 is 0 Å². The van der Waals surface area contributed by atoms with Crippen LogP contribution in [0.1, 0.15) is 10.4 Å². The summed E-state index contributed by atoms with van der Waals surface area (Å²) in [4.78, 5) is 12.0. The summed E-state index contributed by atoms with van der Waals surface area (Å²) in [6.45, 7) is 0. The Balaban J connectivity index is 1.66. The number of nitrogens with one attached hydrogen (secondary N) is 2. The molecule has 3 aromatic rings. The van der Waals surface area contributed by atoms with E-state index in [1.54, 1.807) is 6.07 Å². The minimum atomic E-state index is -1.11. The minimum Gasteiger partial charge on any atom is -0.339 e. The van der Waals surface area contributed by atoms with Crippen molar-refractivity contribution in [1.82, 2.24) is 10.2 Å².